The monoisotopic (exact) mass is 304 g/mol. The van der Waals surface area contributed by atoms with Crippen LogP contribution in [0.3, 0.4) is 0 Å². The van der Waals surface area contributed by atoms with Gasteiger partial charge < -0.3 is 15.0 Å². The SMILES string of the molecule is CC(C)OCCCNC(=O)C1CCN(c2ccccc2)CC1. The van der Waals surface area contributed by atoms with Crippen LogP contribution < -0.4 is 10.2 Å². The smallest absolute Gasteiger partial charge is 0.223 e. The number of nitrogens with zero attached hydrogens (tertiary/aromatic N) is 1. The second-order valence-corrected chi connectivity index (χ2v) is 6.16. The molecule has 122 valence electrons. The number of rotatable bonds is 7. The zero-order valence-electron chi connectivity index (χ0n) is 13.8. The Balaban J connectivity index is 1.65. The minimum Gasteiger partial charge on any atom is -0.379 e. The topological polar surface area (TPSA) is 41.6 Å². The third-order valence-corrected chi connectivity index (χ3v) is 4.06. The molecule has 4 nitrogen and oxygen atoms in total. The Morgan fingerprint density at radius 2 is 1.95 bits per heavy atom. The highest BCUT2D eigenvalue weighted by Gasteiger charge is 2.24. The third-order valence-electron chi connectivity index (χ3n) is 4.06. The van der Waals surface area contributed by atoms with E-state index >= 15 is 0 Å². The summed E-state index contributed by atoms with van der Waals surface area (Å²) in [5.41, 5.74) is 1.26. The fraction of sp³-hybridized carbons (Fsp3) is 0.611. The lowest BCUT2D eigenvalue weighted by atomic mass is 9.95. The lowest BCUT2D eigenvalue weighted by Gasteiger charge is -2.33. The van der Waals surface area contributed by atoms with Gasteiger partial charge in [0.25, 0.3) is 0 Å². The van der Waals surface area contributed by atoms with Crippen LogP contribution in [-0.4, -0.2) is 38.3 Å². The lowest BCUT2D eigenvalue weighted by molar-refractivity contribution is -0.125. The quantitative estimate of drug-likeness (QED) is 0.788. The van der Waals surface area contributed by atoms with Crippen molar-refractivity contribution in [2.45, 2.75) is 39.2 Å². The molecule has 1 aliphatic rings. The predicted octanol–water partition coefficient (Wildman–Crippen LogP) is 2.83. The van der Waals surface area contributed by atoms with E-state index in [1.54, 1.807) is 0 Å². The minimum absolute atomic E-state index is 0.158. The Morgan fingerprint density at radius 3 is 2.59 bits per heavy atom. The molecule has 1 heterocycles. The van der Waals surface area contributed by atoms with Gasteiger partial charge in [0.05, 0.1) is 6.10 Å². The van der Waals surface area contributed by atoms with Crippen molar-refractivity contribution >= 4 is 11.6 Å². The van der Waals surface area contributed by atoms with Crippen molar-refractivity contribution in [1.82, 2.24) is 5.32 Å². The Kier molecular flexibility index (Phi) is 6.72. The van der Waals surface area contributed by atoms with Crippen LogP contribution in [0, 0.1) is 5.92 Å². The van der Waals surface area contributed by atoms with Crippen molar-refractivity contribution in [3.05, 3.63) is 30.3 Å². The van der Waals surface area contributed by atoms with Crippen molar-refractivity contribution in [3.63, 3.8) is 0 Å². The van der Waals surface area contributed by atoms with Gasteiger partial charge in [-0.1, -0.05) is 18.2 Å². The first-order valence-electron chi connectivity index (χ1n) is 8.36. The molecule has 0 spiro atoms. The molecule has 1 aromatic carbocycles. The van der Waals surface area contributed by atoms with Gasteiger partial charge in [-0.2, -0.15) is 0 Å². The summed E-state index contributed by atoms with van der Waals surface area (Å²) in [6.45, 7) is 7.39. The van der Waals surface area contributed by atoms with Crippen LogP contribution in [0.15, 0.2) is 30.3 Å². The average molecular weight is 304 g/mol. The number of benzene rings is 1. The normalized spacial score (nSPS) is 16.0. The first kappa shape index (κ1) is 16.8. The molecule has 0 bridgehead atoms. The summed E-state index contributed by atoms with van der Waals surface area (Å²) in [6.07, 6.45) is 3.01. The van der Waals surface area contributed by atoms with Gasteiger partial charge in [0, 0.05) is 37.8 Å². The van der Waals surface area contributed by atoms with Crippen molar-refractivity contribution < 1.29 is 9.53 Å². The maximum atomic E-state index is 12.2. The molecular weight excluding hydrogens is 276 g/mol. The van der Waals surface area contributed by atoms with Gasteiger partial charge >= 0.3 is 0 Å². The molecule has 4 heteroatoms. The molecule has 0 radical (unpaired) electrons. The summed E-state index contributed by atoms with van der Waals surface area (Å²) in [7, 11) is 0. The molecule has 0 aromatic heterocycles. The fourth-order valence-electron chi connectivity index (χ4n) is 2.79. The van der Waals surface area contributed by atoms with Gasteiger partial charge in [0.15, 0.2) is 0 Å². The van der Waals surface area contributed by atoms with E-state index in [9.17, 15) is 4.79 Å². The van der Waals surface area contributed by atoms with Crippen molar-refractivity contribution in [3.8, 4) is 0 Å². The van der Waals surface area contributed by atoms with Gasteiger partial charge in [-0.25, -0.2) is 0 Å². The molecular formula is C18H28N2O2. The summed E-state index contributed by atoms with van der Waals surface area (Å²) in [5, 5.41) is 3.04. The van der Waals surface area contributed by atoms with Crippen LogP contribution in [0.4, 0.5) is 5.69 Å². The van der Waals surface area contributed by atoms with E-state index in [0.29, 0.717) is 13.2 Å². The fourth-order valence-corrected chi connectivity index (χ4v) is 2.79. The zero-order valence-corrected chi connectivity index (χ0v) is 13.8. The predicted molar refractivity (Wildman–Crippen MR) is 90.1 cm³/mol. The Bertz CT molecular complexity index is 440. The summed E-state index contributed by atoms with van der Waals surface area (Å²) in [5.74, 6) is 0.364. The standard InChI is InChI=1S/C18H28N2O2/c1-15(2)22-14-6-11-19-18(21)16-9-12-20(13-10-16)17-7-4-3-5-8-17/h3-5,7-8,15-16H,6,9-14H2,1-2H3,(H,19,21). The van der Waals surface area contributed by atoms with Crippen molar-refractivity contribution in [2.75, 3.05) is 31.1 Å². The lowest BCUT2D eigenvalue weighted by Crippen LogP contribution is -2.41. The largest absolute Gasteiger partial charge is 0.379 e. The molecule has 0 atom stereocenters. The molecule has 22 heavy (non-hydrogen) atoms. The summed E-state index contributed by atoms with van der Waals surface area (Å²) in [4.78, 5) is 14.5. The van der Waals surface area contributed by atoms with Crippen LogP contribution in [0.25, 0.3) is 0 Å². The van der Waals surface area contributed by atoms with E-state index in [0.717, 1.165) is 32.4 Å². The minimum atomic E-state index is 0.158. The Labute approximate surface area is 133 Å². The molecule has 1 aromatic rings. The maximum Gasteiger partial charge on any atom is 0.223 e. The number of carbonyl (C=O) groups excluding carboxylic acids is 1. The first-order valence-corrected chi connectivity index (χ1v) is 8.36. The maximum absolute atomic E-state index is 12.2. The number of para-hydroxylation sites is 1. The molecule has 1 amide bonds. The van der Waals surface area contributed by atoms with Gasteiger partial charge in [0.2, 0.25) is 5.91 Å². The molecule has 1 saturated heterocycles. The molecule has 0 aliphatic carbocycles. The van der Waals surface area contributed by atoms with Crippen molar-refractivity contribution in [2.24, 2.45) is 5.92 Å². The van der Waals surface area contributed by atoms with Gasteiger partial charge in [-0.3, -0.25) is 4.79 Å². The van der Waals surface area contributed by atoms with Crippen LogP contribution >= 0.6 is 0 Å². The van der Waals surface area contributed by atoms with Crippen LogP contribution in [-0.2, 0) is 9.53 Å². The second kappa shape index (κ2) is 8.79. The highest BCUT2D eigenvalue weighted by molar-refractivity contribution is 5.78. The summed E-state index contributed by atoms with van der Waals surface area (Å²) >= 11 is 0. The first-order chi connectivity index (χ1) is 10.7. The number of hydrogen-bond acceptors (Lipinski definition) is 3. The number of amides is 1. The molecule has 0 unspecified atom stereocenters. The highest BCUT2D eigenvalue weighted by Crippen LogP contribution is 2.22. The van der Waals surface area contributed by atoms with Crippen LogP contribution in [0.2, 0.25) is 0 Å². The number of ether oxygens (including phenoxy) is 1. The van der Waals surface area contributed by atoms with E-state index < -0.39 is 0 Å². The Morgan fingerprint density at radius 1 is 1.27 bits per heavy atom. The Hall–Kier alpha value is -1.55. The summed E-state index contributed by atoms with van der Waals surface area (Å²) < 4.78 is 5.47. The van der Waals surface area contributed by atoms with Crippen LogP contribution in [0.5, 0.6) is 0 Å². The number of nitrogens with one attached hydrogen (secondary N) is 1. The molecule has 2 rings (SSSR count). The van der Waals surface area contributed by atoms with Crippen molar-refractivity contribution in [1.29, 1.82) is 0 Å². The highest BCUT2D eigenvalue weighted by atomic mass is 16.5. The van der Waals surface area contributed by atoms with Gasteiger partial charge in [-0.05, 0) is 45.2 Å². The van der Waals surface area contributed by atoms with E-state index in [1.807, 2.05) is 19.9 Å². The summed E-state index contributed by atoms with van der Waals surface area (Å²) in [6, 6.07) is 10.4. The zero-order chi connectivity index (χ0) is 15.8. The average Bonchev–Trinajstić information content (AvgIpc) is 2.55. The van der Waals surface area contributed by atoms with E-state index in [4.69, 9.17) is 4.74 Å². The number of anilines is 1. The van der Waals surface area contributed by atoms with E-state index in [2.05, 4.69) is 34.5 Å². The van der Waals surface area contributed by atoms with Crippen LogP contribution in [0.1, 0.15) is 33.1 Å². The molecule has 0 saturated carbocycles. The molecule has 1 N–H and O–H groups in total. The van der Waals surface area contributed by atoms with Gasteiger partial charge in [-0.15, -0.1) is 0 Å². The van der Waals surface area contributed by atoms with E-state index in [-0.39, 0.29) is 17.9 Å². The van der Waals surface area contributed by atoms with Gasteiger partial charge in [0.1, 0.15) is 0 Å². The third kappa shape index (κ3) is 5.34. The number of hydrogen-bond donors (Lipinski definition) is 1. The van der Waals surface area contributed by atoms with E-state index in [1.165, 1.54) is 5.69 Å². The molecule has 1 fully saturated rings. The molecule has 1 aliphatic heterocycles. The number of carbonyl (C=O) groups is 1. The second-order valence-electron chi connectivity index (χ2n) is 6.16. The number of piperidine rings is 1.